The molecule has 3 heterocycles. The Morgan fingerprint density at radius 1 is 1.06 bits per heavy atom. The fraction of sp³-hybridized carbons (Fsp3) is 0.208. The zero-order valence-corrected chi connectivity index (χ0v) is 17.1. The number of fused-ring (bicyclic) bond motifs is 1. The van der Waals surface area contributed by atoms with Crippen LogP contribution < -0.4 is 5.32 Å². The summed E-state index contributed by atoms with van der Waals surface area (Å²) in [5, 5.41) is 41.8. The SMILES string of the molecule is O=C1NCC(O)CCC1(O)c1cccc(-c2cnc3n[nH]c(-c4ccccc4O)c3c2)c1. The third-order valence-electron chi connectivity index (χ3n) is 5.97. The molecule has 8 heteroatoms. The Bertz CT molecular complexity index is 1320. The first kappa shape index (κ1) is 20.2. The maximum atomic E-state index is 12.6. The van der Waals surface area contributed by atoms with Crippen LogP contribution in [0.3, 0.4) is 0 Å². The molecule has 0 aliphatic carbocycles. The molecule has 1 saturated heterocycles. The van der Waals surface area contributed by atoms with Crippen LogP contribution in [-0.4, -0.2) is 49.1 Å². The van der Waals surface area contributed by atoms with Crippen molar-refractivity contribution < 1.29 is 20.1 Å². The average Bonchev–Trinajstić information content (AvgIpc) is 3.18. The number of H-pyrrole nitrogens is 1. The number of aliphatic hydroxyl groups excluding tert-OH is 1. The number of hydrogen-bond acceptors (Lipinski definition) is 6. The van der Waals surface area contributed by atoms with E-state index < -0.39 is 17.6 Å². The van der Waals surface area contributed by atoms with E-state index in [-0.39, 0.29) is 18.7 Å². The highest BCUT2D eigenvalue weighted by Gasteiger charge is 2.40. The van der Waals surface area contributed by atoms with E-state index in [1.807, 2.05) is 18.2 Å². The van der Waals surface area contributed by atoms with Crippen LogP contribution in [-0.2, 0) is 10.4 Å². The van der Waals surface area contributed by atoms with Crippen molar-refractivity contribution >= 4 is 16.9 Å². The van der Waals surface area contributed by atoms with Gasteiger partial charge in [0, 0.05) is 29.3 Å². The molecule has 0 bridgehead atoms. The van der Waals surface area contributed by atoms with Gasteiger partial charge in [0.2, 0.25) is 0 Å². The first-order chi connectivity index (χ1) is 15.5. The summed E-state index contributed by atoms with van der Waals surface area (Å²) in [6.07, 6.45) is 1.43. The lowest BCUT2D eigenvalue weighted by Gasteiger charge is -2.25. The van der Waals surface area contributed by atoms with Gasteiger partial charge in [-0.15, -0.1) is 0 Å². The van der Waals surface area contributed by atoms with Crippen LogP contribution in [0.2, 0.25) is 0 Å². The van der Waals surface area contributed by atoms with Crippen molar-refractivity contribution in [2.45, 2.75) is 24.5 Å². The van der Waals surface area contributed by atoms with Gasteiger partial charge >= 0.3 is 0 Å². The number of nitrogens with zero attached hydrogens (tertiary/aromatic N) is 2. The van der Waals surface area contributed by atoms with E-state index in [1.165, 1.54) is 0 Å². The summed E-state index contributed by atoms with van der Waals surface area (Å²) in [5.74, 6) is -0.384. The number of phenols is 1. The first-order valence-corrected chi connectivity index (χ1v) is 10.4. The summed E-state index contributed by atoms with van der Waals surface area (Å²) in [6.45, 7) is 0.122. The van der Waals surface area contributed by atoms with E-state index in [2.05, 4.69) is 20.5 Å². The highest BCUT2D eigenvalue weighted by molar-refractivity contribution is 5.95. The molecule has 8 nitrogen and oxygen atoms in total. The standard InChI is InChI=1S/C24H22N4O4/c29-17-8-9-24(32,23(31)26-13-17)16-5-3-4-14(10-16)15-11-19-21(27-28-22(19)25-12-15)18-6-1-2-7-20(18)30/h1-7,10-12,17,29-30,32H,8-9,13H2,(H,26,31)(H,25,27,28). The quantitative estimate of drug-likeness (QED) is 0.339. The highest BCUT2D eigenvalue weighted by atomic mass is 16.3. The minimum absolute atomic E-state index is 0.122. The highest BCUT2D eigenvalue weighted by Crippen LogP contribution is 2.35. The number of aromatic amines is 1. The molecule has 4 aromatic rings. The fourth-order valence-corrected chi connectivity index (χ4v) is 4.13. The smallest absolute Gasteiger partial charge is 0.256 e. The molecule has 1 fully saturated rings. The molecule has 1 amide bonds. The van der Waals surface area contributed by atoms with Crippen LogP contribution in [0.5, 0.6) is 5.75 Å². The van der Waals surface area contributed by atoms with Crippen LogP contribution >= 0.6 is 0 Å². The maximum Gasteiger partial charge on any atom is 0.256 e. The lowest BCUT2D eigenvalue weighted by atomic mass is 9.86. The molecule has 2 atom stereocenters. The van der Waals surface area contributed by atoms with Crippen molar-refractivity contribution in [2.24, 2.45) is 0 Å². The molecular weight excluding hydrogens is 408 g/mol. The summed E-state index contributed by atoms with van der Waals surface area (Å²) >= 11 is 0. The van der Waals surface area contributed by atoms with E-state index in [0.717, 1.165) is 16.5 Å². The second-order valence-corrected chi connectivity index (χ2v) is 8.05. The maximum absolute atomic E-state index is 12.6. The molecule has 2 aromatic carbocycles. The van der Waals surface area contributed by atoms with E-state index in [1.54, 1.807) is 42.6 Å². The Morgan fingerprint density at radius 2 is 1.91 bits per heavy atom. The van der Waals surface area contributed by atoms with Crippen molar-refractivity contribution in [3.8, 4) is 28.1 Å². The van der Waals surface area contributed by atoms with Gasteiger partial charge in [-0.1, -0.05) is 30.3 Å². The monoisotopic (exact) mass is 430 g/mol. The Labute approximate surface area is 183 Å². The van der Waals surface area contributed by atoms with Crippen molar-refractivity contribution in [1.29, 1.82) is 0 Å². The molecule has 0 radical (unpaired) electrons. The third-order valence-corrected chi connectivity index (χ3v) is 5.97. The number of amides is 1. The van der Waals surface area contributed by atoms with Crippen LogP contribution in [0.1, 0.15) is 18.4 Å². The van der Waals surface area contributed by atoms with Crippen molar-refractivity contribution in [2.75, 3.05) is 6.54 Å². The van der Waals surface area contributed by atoms with Gasteiger partial charge in [0.15, 0.2) is 11.2 Å². The fourth-order valence-electron chi connectivity index (χ4n) is 4.13. The number of aromatic hydroxyl groups is 1. The van der Waals surface area contributed by atoms with Gasteiger partial charge in [0.25, 0.3) is 5.91 Å². The summed E-state index contributed by atoms with van der Waals surface area (Å²) in [5.41, 5.74) is 2.06. The number of β-amino-alcohol motifs (C(OH)–C–C–N with tert-alkyl or cyclic N) is 1. The predicted octanol–water partition coefficient (Wildman–Crippen LogP) is 2.46. The molecule has 5 rings (SSSR count). The summed E-state index contributed by atoms with van der Waals surface area (Å²) in [6, 6.07) is 16.0. The van der Waals surface area contributed by atoms with Gasteiger partial charge in [0.1, 0.15) is 5.75 Å². The number of hydrogen-bond donors (Lipinski definition) is 5. The lowest BCUT2D eigenvalue weighted by Crippen LogP contribution is -2.43. The number of benzene rings is 2. The van der Waals surface area contributed by atoms with Gasteiger partial charge in [0.05, 0.1) is 11.8 Å². The van der Waals surface area contributed by atoms with Crippen LogP contribution in [0.25, 0.3) is 33.4 Å². The molecular formula is C24H22N4O4. The number of phenolic OH excluding ortho intramolecular Hbond substituents is 1. The van der Waals surface area contributed by atoms with Crippen molar-refractivity contribution in [3.05, 3.63) is 66.4 Å². The van der Waals surface area contributed by atoms with Crippen LogP contribution in [0.4, 0.5) is 0 Å². The molecule has 32 heavy (non-hydrogen) atoms. The molecule has 162 valence electrons. The number of rotatable bonds is 3. The van der Waals surface area contributed by atoms with E-state index in [0.29, 0.717) is 28.9 Å². The zero-order chi connectivity index (χ0) is 22.3. The van der Waals surface area contributed by atoms with Gasteiger partial charge < -0.3 is 20.6 Å². The molecule has 1 aliphatic rings. The van der Waals surface area contributed by atoms with Crippen molar-refractivity contribution in [1.82, 2.24) is 20.5 Å². The minimum Gasteiger partial charge on any atom is -0.507 e. The first-order valence-electron chi connectivity index (χ1n) is 10.4. The number of aliphatic hydroxyl groups is 2. The van der Waals surface area contributed by atoms with E-state index in [4.69, 9.17) is 0 Å². The summed E-state index contributed by atoms with van der Waals surface area (Å²) < 4.78 is 0. The van der Waals surface area contributed by atoms with Gasteiger partial charge in [-0.3, -0.25) is 9.89 Å². The molecule has 1 aliphatic heterocycles. The number of nitrogens with one attached hydrogen (secondary N) is 2. The van der Waals surface area contributed by atoms with Crippen LogP contribution in [0, 0.1) is 0 Å². The Kier molecular flexibility index (Phi) is 4.88. The molecule has 0 spiro atoms. The Morgan fingerprint density at radius 3 is 2.75 bits per heavy atom. The summed E-state index contributed by atoms with van der Waals surface area (Å²) in [4.78, 5) is 17.0. The topological polar surface area (TPSA) is 131 Å². The Balaban J connectivity index is 1.57. The zero-order valence-electron chi connectivity index (χ0n) is 17.1. The molecule has 5 N–H and O–H groups in total. The van der Waals surface area contributed by atoms with Gasteiger partial charge in [-0.05, 0) is 48.2 Å². The normalized spacial score (nSPS) is 21.3. The number of pyridine rings is 1. The minimum atomic E-state index is -1.72. The Hall–Kier alpha value is -3.75. The molecule has 0 saturated carbocycles. The second kappa shape index (κ2) is 7.74. The number of carbonyl (C=O) groups is 1. The second-order valence-electron chi connectivity index (χ2n) is 8.05. The van der Waals surface area contributed by atoms with Gasteiger partial charge in [-0.2, -0.15) is 5.10 Å². The van der Waals surface area contributed by atoms with Crippen molar-refractivity contribution in [3.63, 3.8) is 0 Å². The van der Waals surface area contributed by atoms with Crippen LogP contribution in [0.15, 0.2) is 60.8 Å². The van der Waals surface area contributed by atoms with E-state index >= 15 is 0 Å². The molecule has 2 aromatic heterocycles. The third kappa shape index (κ3) is 3.39. The number of carbonyl (C=O) groups excluding carboxylic acids is 1. The van der Waals surface area contributed by atoms with Gasteiger partial charge in [-0.25, -0.2) is 4.98 Å². The number of para-hydroxylation sites is 1. The summed E-state index contributed by atoms with van der Waals surface area (Å²) in [7, 11) is 0. The lowest BCUT2D eigenvalue weighted by molar-refractivity contribution is -0.140. The molecule has 2 unspecified atom stereocenters. The van der Waals surface area contributed by atoms with E-state index in [9.17, 15) is 20.1 Å². The largest absolute Gasteiger partial charge is 0.507 e. The average molecular weight is 430 g/mol. The number of aromatic nitrogens is 3. The predicted molar refractivity (Wildman–Crippen MR) is 119 cm³/mol.